The Labute approximate surface area is 267 Å². The lowest BCUT2D eigenvalue weighted by Gasteiger charge is -2.43. The fraction of sp³-hybridized carbons (Fsp3) is 0.536. The van der Waals surface area contributed by atoms with E-state index in [1.54, 1.807) is 0 Å². The molecule has 3 aliphatic rings. The molecule has 0 aromatic carbocycles. The van der Waals surface area contributed by atoms with Gasteiger partial charge in [-0.3, -0.25) is 10.9 Å². The number of hydrogen-bond donors (Lipinski definition) is 3. The van der Waals surface area contributed by atoms with Crippen molar-refractivity contribution in [3.63, 3.8) is 0 Å². The Kier molecular flexibility index (Phi) is 9.89. The average molecular weight is 708 g/mol. The molecule has 4 N–H and O–H groups in total. The zero-order valence-corrected chi connectivity index (χ0v) is 25.8. The first kappa shape index (κ1) is 36.6. The number of nitrogens with one attached hydrogen (secondary N) is 2. The quantitative estimate of drug-likeness (QED) is 0.235. The third kappa shape index (κ3) is 7.56. The van der Waals surface area contributed by atoms with E-state index in [-0.39, 0.29) is 36.5 Å². The molecule has 3 aliphatic heterocycles. The maximum absolute atomic E-state index is 14.7. The Morgan fingerprint density at radius 1 is 0.854 bits per heavy atom. The molecule has 2 unspecified atom stereocenters. The highest BCUT2D eigenvalue weighted by Crippen LogP contribution is 2.41. The number of pyridine rings is 1. The molecule has 2 atom stereocenters. The standard InChI is InChI=1S/C28H32F11N7O2/c1-5-16-18(43-45-20(27(34,35)36)10-17(40)14(4)23(45)47-6-2)11-21(28(37,38)39)46(24(16)48-7-3)42-15-8-19(26(31,32)33)41-22(9-15)44-12-25(29,30)13-44/h8-11,20-21,43H,5-7,12-13,40H2,1-4H3,(H,41,42). The van der Waals surface area contributed by atoms with E-state index in [1.807, 2.05) is 0 Å². The van der Waals surface area contributed by atoms with Crippen molar-refractivity contribution in [2.75, 3.05) is 36.6 Å². The lowest BCUT2D eigenvalue weighted by molar-refractivity contribution is -0.180. The SMILES string of the molecule is CCOC1=C(C)C(N)=CC(C(F)(F)F)N1NC1=CC(C(F)(F)F)N(Nc2cc(N3CC(F)(F)C3)nc(C(F)(F)F)c2)C(OCC)=C1CC. The van der Waals surface area contributed by atoms with Crippen LogP contribution in [0.3, 0.4) is 0 Å². The van der Waals surface area contributed by atoms with Gasteiger partial charge in [-0.05, 0) is 45.4 Å². The molecule has 0 bridgehead atoms. The van der Waals surface area contributed by atoms with Crippen LogP contribution < -0.4 is 21.5 Å². The van der Waals surface area contributed by atoms with Gasteiger partial charge in [0.05, 0.1) is 37.7 Å². The monoisotopic (exact) mass is 707 g/mol. The first-order valence-electron chi connectivity index (χ1n) is 14.5. The molecule has 4 heterocycles. The van der Waals surface area contributed by atoms with E-state index < -0.39 is 84.3 Å². The number of nitrogens with two attached hydrogens (primary N) is 1. The molecule has 1 fully saturated rings. The zero-order chi connectivity index (χ0) is 36.0. The lowest BCUT2D eigenvalue weighted by atomic mass is 10.0. The number of aromatic nitrogens is 1. The first-order valence-corrected chi connectivity index (χ1v) is 14.5. The molecule has 0 saturated carbocycles. The molecular formula is C28H32F11N7O2. The predicted octanol–water partition coefficient (Wildman–Crippen LogP) is 6.53. The summed E-state index contributed by atoms with van der Waals surface area (Å²) in [5.74, 6) is -4.76. The van der Waals surface area contributed by atoms with Crippen molar-refractivity contribution in [2.24, 2.45) is 5.73 Å². The molecular weight excluding hydrogens is 675 g/mol. The van der Waals surface area contributed by atoms with Gasteiger partial charge in [-0.2, -0.15) is 39.5 Å². The fourth-order valence-electron chi connectivity index (χ4n) is 5.13. The van der Waals surface area contributed by atoms with E-state index in [0.29, 0.717) is 28.2 Å². The van der Waals surface area contributed by atoms with Crippen LogP contribution in [0.25, 0.3) is 0 Å². The zero-order valence-electron chi connectivity index (χ0n) is 25.8. The summed E-state index contributed by atoms with van der Waals surface area (Å²) in [6.07, 6.45) is -14.2. The fourth-order valence-corrected chi connectivity index (χ4v) is 5.13. The van der Waals surface area contributed by atoms with Crippen LogP contribution in [-0.2, 0) is 15.7 Å². The van der Waals surface area contributed by atoms with Crippen LogP contribution >= 0.6 is 0 Å². The normalized spacial score (nSPS) is 21.9. The molecule has 20 heteroatoms. The number of ether oxygens (including phenoxy) is 2. The van der Waals surface area contributed by atoms with Crippen molar-refractivity contribution in [2.45, 2.75) is 70.7 Å². The Morgan fingerprint density at radius 2 is 1.40 bits per heavy atom. The highest BCUT2D eigenvalue weighted by atomic mass is 19.4. The van der Waals surface area contributed by atoms with E-state index >= 15 is 0 Å². The molecule has 9 nitrogen and oxygen atoms in total. The van der Waals surface area contributed by atoms with Crippen LogP contribution in [0.2, 0.25) is 0 Å². The Hall–Kier alpha value is -4.26. The number of hydrazine groups is 2. The van der Waals surface area contributed by atoms with E-state index in [2.05, 4.69) is 15.8 Å². The van der Waals surface area contributed by atoms with Crippen molar-refractivity contribution in [1.82, 2.24) is 20.4 Å². The van der Waals surface area contributed by atoms with Gasteiger partial charge in [-0.1, -0.05) is 6.92 Å². The smallest absolute Gasteiger partial charge is 0.433 e. The number of rotatable bonds is 10. The van der Waals surface area contributed by atoms with Gasteiger partial charge in [-0.25, -0.2) is 23.8 Å². The lowest BCUT2D eigenvalue weighted by Crippen LogP contribution is -2.57. The maximum atomic E-state index is 14.7. The third-order valence-electron chi connectivity index (χ3n) is 7.34. The number of allylic oxidation sites excluding steroid dienone is 2. The molecule has 268 valence electrons. The molecule has 1 aromatic rings. The van der Waals surface area contributed by atoms with Gasteiger partial charge in [0.25, 0.3) is 5.92 Å². The Bertz CT molecular complexity index is 1490. The number of alkyl halides is 11. The van der Waals surface area contributed by atoms with E-state index in [4.69, 9.17) is 15.2 Å². The van der Waals surface area contributed by atoms with Gasteiger partial charge >= 0.3 is 18.5 Å². The predicted molar refractivity (Wildman–Crippen MR) is 150 cm³/mol. The minimum atomic E-state index is -5.20. The second kappa shape index (κ2) is 13.0. The van der Waals surface area contributed by atoms with Crippen LogP contribution in [0.5, 0.6) is 0 Å². The molecule has 0 amide bonds. The molecule has 48 heavy (non-hydrogen) atoms. The van der Waals surface area contributed by atoms with E-state index in [1.165, 1.54) is 27.7 Å². The second-order valence-electron chi connectivity index (χ2n) is 10.9. The molecule has 4 rings (SSSR count). The van der Waals surface area contributed by atoms with Crippen LogP contribution in [0.1, 0.15) is 39.8 Å². The summed E-state index contributed by atoms with van der Waals surface area (Å²) in [5, 5.41) is 0.863. The van der Waals surface area contributed by atoms with E-state index in [0.717, 1.165) is 11.0 Å². The second-order valence-corrected chi connectivity index (χ2v) is 10.9. The molecule has 1 aromatic heterocycles. The molecule has 0 aliphatic carbocycles. The first-order chi connectivity index (χ1) is 22.1. The largest absolute Gasteiger partial charge is 0.478 e. The molecule has 0 radical (unpaired) electrons. The van der Waals surface area contributed by atoms with Gasteiger partial charge in [0.1, 0.15) is 11.5 Å². The molecule has 0 spiro atoms. The van der Waals surface area contributed by atoms with Crippen molar-refractivity contribution in [3.05, 3.63) is 64.3 Å². The van der Waals surface area contributed by atoms with Gasteiger partial charge in [-0.15, -0.1) is 0 Å². The summed E-state index contributed by atoms with van der Waals surface area (Å²) in [6.45, 7) is 3.37. The summed E-state index contributed by atoms with van der Waals surface area (Å²) in [4.78, 5) is 4.19. The van der Waals surface area contributed by atoms with Crippen LogP contribution in [0.4, 0.5) is 59.8 Å². The Morgan fingerprint density at radius 3 is 1.90 bits per heavy atom. The number of halogens is 11. The highest BCUT2D eigenvalue weighted by Gasteiger charge is 2.51. The van der Waals surface area contributed by atoms with Gasteiger partial charge in [0, 0.05) is 22.9 Å². The summed E-state index contributed by atoms with van der Waals surface area (Å²) in [6, 6.07) is -3.97. The van der Waals surface area contributed by atoms with Crippen LogP contribution in [-0.4, -0.2) is 71.7 Å². The number of nitrogens with zero attached hydrogens (tertiary/aromatic N) is 4. The minimum Gasteiger partial charge on any atom is -0.478 e. The summed E-state index contributed by atoms with van der Waals surface area (Å²) in [7, 11) is 0. The van der Waals surface area contributed by atoms with Gasteiger partial charge < -0.3 is 20.1 Å². The van der Waals surface area contributed by atoms with Gasteiger partial charge in [0.15, 0.2) is 12.1 Å². The van der Waals surface area contributed by atoms with Crippen LogP contribution in [0.15, 0.2) is 58.6 Å². The summed E-state index contributed by atoms with van der Waals surface area (Å²) >= 11 is 0. The highest BCUT2D eigenvalue weighted by molar-refractivity contribution is 5.57. The van der Waals surface area contributed by atoms with Crippen molar-refractivity contribution >= 4 is 11.5 Å². The van der Waals surface area contributed by atoms with Gasteiger partial charge in [0.2, 0.25) is 11.8 Å². The minimum absolute atomic E-state index is 0.0675. The van der Waals surface area contributed by atoms with Crippen molar-refractivity contribution in [1.29, 1.82) is 0 Å². The molecule has 1 saturated heterocycles. The summed E-state index contributed by atoms with van der Waals surface area (Å²) in [5.41, 5.74) is 7.53. The van der Waals surface area contributed by atoms with Crippen molar-refractivity contribution < 1.29 is 57.8 Å². The van der Waals surface area contributed by atoms with Crippen LogP contribution in [0, 0.1) is 0 Å². The third-order valence-corrected chi connectivity index (χ3v) is 7.34. The average Bonchev–Trinajstić information content (AvgIpc) is 2.94. The summed E-state index contributed by atoms with van der Waals surface area (Å²) < 4.78 is 166. The topological polar surface area (TPSA) is 91.2 Å². The number of hydrogen-bond acceptors (Lipinski definition) is 9. The maximum Gasteiger partial charge on any atom is 0.433 e. The van der Waals surface area contributed by atoms with E-state index in [9.17, 15) is 48.3 Å². The van der Waals surface area contributed by atoms with Crippen molar-refractivity contribution in [3.8, 4) is 0 Å². The Balaban J connectivity index is 1.83. The number of anilines is 2.